The summed E-state index contributed by atoms with van der Waals surface area (Å²) in [6.07, 6.45) is -1.37. The Morgan fingerprint density at radius 3 is 2.62 bits per heavy atom. The SMILES string of the molecule is COC(=O)c1cc(C2CC2)c(NC(C)c2cc3c(=O)[nH]c(C)nc3cc2C(F)(F)F)cn1. The minimum atomic E-state index is -4.63. The van der Waals surface area contributed by atoms with E-state index in [1.165, 1.54) is 26.3 Å². The maximum Gasteiger partial charge on any atom is 0.416 e. The number of benzene rings is 1. The average molecular weight is 446 g/mol. The lowest BCUT2D eigenvalue weighted by molar-refractivity contribution is -0.138. The number of halogens is 3. The Balaban J connectivity index is 1.78. The Labute approximate surface area is 181 Å². The molecule has 0 aliphatic heterocycles. The van der Waals surface area contributed by atoms with E-state index < -0.39 is 29.3 Å². The summed E-state index contributed by atoms with van der Waals surface area (Å²) in [5, 5.41) is 3.17. The molecular formula is C22H21F3N4O3. The number of carbonyl (C=O) groups excluding carboxylic acids is 1. The molecule has 1 aromatic carbocycles. The number of methoxy groups -OCH3 is 1. The molecule has 1 aliphatic carbocycles. The van der Waals surface area contributed by atoms with Gasteiger partial charge in [-0.1, -0.05) is 0 Å². The molecule has 0 saturated heterocycles. The van der Waals surface area contributed by atoms with Gasteiger partial charge < -0.3 is 15.0 Å². The number of alkyl halides is 3. The Morgan fingerprint density at radius 1 is 1.28 bits per heavy atom. The zero-order chi connectivity index (χ0) is 23.2. The van der Waals surface area contributed by atoms with Gasteiger partial charge >= 0.3 is 12.1 Å². The van der Waals surface area contributed by atoms with Gasteiger partial charge in [0, 0.05) is 6.04 Å². The van der Waals surface area contributed by atoms with Crippen LogP contribution in [0.5, 0.6) is 0 Å². The second-order valence-corrected chi connectivity index (χ2v) is 7.89. The molecule has 4 rings (SSSR count). The zero-order valence-electron chi connectivity index (χ0n) is 17.6. The first-order valence-electron chi connectivity index (χ1n) is 10.0. The number of carbonyl (C=O) groups is 1. The number of fused-ring (bicyclic) bond motifs is 1. The summed E-state index contributed by atoms with van der Waals surface area (Å²) in [7, 11) is 1.26. The van der Waals surface area contributed by atoms with Gasteiger partial charge in [0.25, 0.3) is 5.56 Å². The molecule has 0 radical (unpaired) electrons. The van der Waals surface area contributed by atoms with Crippen molar-refractivity contribution in [2.24, 2.45) is 0 Å². The fraction of sp³-hybridized carbons (Fsp3) is 0.364. The lowest BCUT2D eigenvalue weighted by Crippen LogP contribution is -2.18. The van der Waals surface area contributed by atoms with Crippen molar-refractivity contribution >= 4 is 22.6 Å². The number of esters is 1. The van der Waals surface area contributed by atoms with Crippen LogP contribution >= 0.6 is 0 Å². The third kappa shape index (κ3) is 4.17. The minimum Gasteiger partial charge on any atom is -0.464 e. The third-order valence-electron chi connectivity index (χ3n) is 5.49. The molecule has 7 nitrogen and oxygen atoms in total. The number of nitrogens with zero attached hydrogens (tertiary/aromatic N) is 2. The summed E-state index contributed by atoms with van der Waals surface area (Å²) in [5.41, 5.74) is 0.0140. The van der Waals surface area contributed by atoms with E-state index in [4.69, 9.17) is 4.74 Å². The minimum absolute atomic E-state index is 0.0164. The molecule has 0 amide bonds. The number of hydrogen-bond donors (Lipinski definition) is 2. The number of pyridine rings is 1. The zero-order valence-corrected chi connectivity index (χ0v) is 17.6. The summed E-state index contributed by atoms with van der Waals surface area (Å²) in [4.78, 5) is 34.8. The number of hydrogen-bond acceptors (Lipinski definition) is 6. The summed E-state index contributed by atoms with van der Waals surface area (Å²) in [6, 6.07) is 2.95. The van der Waals surface area contributed by atoms with Crippen LogP contribution in [0.15, 0.2) is 29.2 Å². The molecule has 168 valence electrons. The predicted octanol–water partition coefficient (Wildman–Crippen LogP) is 4.48. The molecule has 1 atom stereocenters. The molecule has 1 saturated carbocycles. The van der Waals surface area contributed by atoms with Crippen LogP contribution in [-0.4, -0.2) is 28.0 Å². The first kappa shape index (κ1) is 21.8. The van der Waals surface area contributed by atoms with Crippen molar-refractivity contribution in [1.82, 2.24) is 15.0 Å². The molecule has 32 heavy (non-hydrogen) atoms. The van der Waals surface area contributed by atoms with Gasteiger partial charge in [0.1, 0.15) is 11.5 Å². The molecular weight excluding hydrogens is 425 g/mol. The van der Waals surface area contributed by atoms with Crippen LogP contribution in [0.3, 0.4) is 0 Å². The fourth-order valence-corrected chi connectivity index (χ4v) is 3.77. The van der Waals surface area contributed by atoms with Crippen LogP contribution in [-0.2, 0) is 10.9 Å². The van der Waals surface area contributed by atoms with Gasteiger partial charge in [-0.05, 0) is 61.9 Å². The third-order valence-corrected chi connectivity index (χ3v) is 5.49. The highest BCUT2D eigenvalue weighted by molar-refractivity contribution is 5.88. The lowest BCUT2D eigenvalue weighted by atomic mass is 9.97. The van der Waals surface area contributed by atoms with Crippen LogP contribution in [0, 0.1) is 6.92 Å². The van der Waals surface area contributed by atoms with Crippen LogP contribution in [0.2, 0.25) is 0 Å². The summed E-state index contributed by atoms with van der Waals surface area (Å²) in [5.74, 6) is -0.146. The summed E-state index contributed by atoms with van der Waals surface area (Å²) in [6.45, 7) is 3.09. The normalized spacial score (nSPS) is 14.9. The maximum absolute atomic E-state index is 13.9. The van der Waals surface area contributed by atoms with E-state index >= 15 is 0 Å². The van der Waals surface area contributed by atoms with Crippen molar-refractivity contribution in [3.63, 3.8) is 0 Å². The van der Waals surface area contributed by atoms with E-state index in [2.05, 4.69) is 20.3 Å². The highest BCUT2D eigenvalue weighted by Gasteiger charge is 2.36. The number of aromatic nitrogens is 3. The van der Waals surface area contributed by atoms with Gasteiger partial charge in [-0.15, -0.1) is 0 Å². The van der Waals surface area contributed by atoms with E-state index in [1.54, 1.807) is 13.0 Å². The van der Waals surface area contributed by atoms with E-state index in [-0.39, 0.29) is 33.9 Å². The number of nitrogens with one attached hydrogen (secondary N) is 2. The first-order chi connectivity index (χ1) is 15.1. The summed E-state index contributed by atoms with van der Waals surface area (Å²) >= 11 is 0. The fourth-order valence-electron chi connectivity index (χ4n) is 3.77. The van der Waals surface area contributed by atoms with Gasteiger partial charge in [0.2, 0.25) is 0 Å². The Morgan fingerprint density at radius 2 is 2.00 bits per heavy atom. The van der Waals surface area contributed by atoms with Gasteiger partial charge in [0.05, 0.1) is 35.5 Å². The lowest BCUT2D eigenvalue weighted by Gasteiger charge is -2.22. The molecule has 1 unspecified atom stereocenters. The predicted molar refractivity (Wildman–Crippen MR) is 112 cm³/mol. The van der Waals surface area contributed by atoms with Crippen molar-refractivity contribution in [3.8, 4) is 0 Å². The Bertz CT molecular complexity index is 1270. The molecule has 2 heterocycles. The molecule has 2 N–H and O–H groups in total. The Kier molecular flexibility index (Phi) is 5.39. The van der Waals surface area contributed by atoms with Crippen LogP contribution in [0.1, 0.15) is 64.7 Å². The quantitative estimate of drug-likeness (QED) is 0.561. The van der Waals surface area contributed by atoms with Gasteiger partial charge in [0.15, 0.2) is 0 Å². The number of rotatable bonds is 5. The van der Waals surface area contributed by atoms with Crippen molar-refractivity contribution in [3.05, 3.63) is 63.0 Å². The molecule has 1 fully saturated rings. The smallest absolute Gasteiger partial charge is 0.416 e. The second-order valence-electron chi connectivity index (χ2n) is 7.89. The van der Waals surface area contributed by atoms with Crippen LogP contribution in [0.4, 0.5) is 18.9 Å². The summed E-state index contributed by atoms with van der Waals surface area (Å²) < 4.78 is 46.3. The Hall–Kier alpha value is -3.43. The van der Waals surface area contributed by atoms with E-state index in [0.29, 0.717) is 5.69 Å². The highest BCUT2D eigenvalue weighted by atomic mass is 19.4. The van der Waals surface area contributed by atoms with Gasteiger partial charge in [-0.3, -0.25) is 4.79 Å². The monoisotopic (exact) mass is 446 g/mol. The molecule has 0 bridgehead atoms. The van der Waals surface area contributed by atoms with Crippen LogP contribution in [0.25, 0.3) is 10.9 Å². The maximum atomic E-state index is 13.9. The number of ether oxygens (including phenoxy) is 1. The highest BCUT2D eigenvalue weighted by Crippen LogP contribution is 2.44. The number of H-pyrrole nitrogens is 1. The van der Waals surface area contributed by atoms with E-state index in [1.807, 2.05) is 0 Å². The topological polar surface area (TPSA) is 97.0 Å². The number of aromatic amines is 1. The van der Waals surface area contributed by atoms with Gasteiger partial charge in [-0.2, -0.15) is 13.2 Å². The number of aryl methyl sites for hydroxylation is 1. The molecule has 3 aromatic rings. The van der Waals surface area contributed by atoms with Crippen LogP contribution < -0.4 is 10.9 Å². The number of anilines is 1. The van der Waals surface area contributed by atoms with Gasteiger partial charge in [-0.25, -0.2) is 14.8 Å². The molecule has 10 heteroatoms. The largest absolute Gasteiger partial charge is 0.464 e. The molecule has 2 aromatic heterocycles. The average Bonchev–Trinajstić information content (AvgIpc) is 3.57. The standard InChI is InChI=1S/C22H21F3N4O3/c1-10(27-19-9-26-18(21(31)32-3)7-14(19)12-4-5-12)13-6-15-17(8-16(13)22(23,24)25)28-11(2)29-20(15)30/h6-10,12,27H,4-5H2,1-3H3,(H,28,29,30). The van der Waals surface area contributed by atoms with Crippen molar-refractivity contribution in [2.45, 2.75) is 44.8 Å². The van der Waals surface area contributed by atoms with E-state index in [0.717, 1.165) is 24.5 Å². The first-order valence-corrected chi connectivity index (χ1v) is 10.0. The van der Waals surface area contributed by atoms with Crippen molar-refractivity contribution < 1.29 is 22.7 Å². The molecule has 0 spiro atoms. The second kappa shape index (κ2) is 7.92. The van der Waals surface area contributed by atoms with Crippen molar-refractivity contribution in [2.75, 3.05) is 12.4 Å². The van der Waals surface area contributed by atoms with Crippen molar-refractivity contribution in [1.29, 1.82) is 0 Å². The molecule has 1 aliphatic rings. The van der Waals surface area contributed by atoms with E-state index in [9.17, 15) is 22.8 Å².